The van der Waals surface area contributed by atoms with Crippen LogP contribution in [0.3, 0.4) is 0 Å². The Labute approximate surface area is 68.7 Å². The number of carbonyl (C=O) groups is 1. The summed E-state index contributed by atoms with van der Waals surface area (Å²) in [4.78, 5) is 13.9. The molecule has 0 aliphatic rings. The lowest BCUT2D eigenvalue weighted by atomic mass is 10.1. The number of halogens is 1. The monoisotopic (exact) mass is 166 g/mol. The zero-order chi connectivity index (χ0) is 9.14. The van der Waals surface area contributed by atoms with Crippen molar-refractivity contribution in [3.63, 3.8) is 0 Å². The van der Waals surface area contributed by atoms with Crippen LogP contribution >= 0.6 is 0 Å². The van der Waals surface area contributed by atoms with Crippen LogP contribution in [0, 0.1) is 5.95 Å². The molecule has 0 bridgehead atoms. The Bertz CT molecular complexity index is 336. The van der Waals surface area contributed by atoms with Crippen molar-refractivity contribution in [2.75, 3.05) is 0 Å². The molecular formula is C8H7FN2O. The van der Waals surface area contributed by atoms with Crippen LogP contribution in [0.2, 0.25) is 0 Å². The quantitative estimate of drug-likeness (QED) is 0.519. The molecule has 1 aromatic heterocycles. The summed E-state index contributed by atoms with van der Waals surface area (Å²) in [6.07, 6.45) is 1.28. The van der Waals surface area contributed by atoms with E-state index in [1.54, 1.807) is 0 Å². The highest BCUT2D eigenvalue weighted by molar-refractivity contribution is 6.17. The van der Waals surface area contributed by atoms with E-state index in [4.69, 9.17) is 5.73 Å². The van der Waals surface area contributed by atoms with E-state index in [1.165, 1.54) is 18.3 Å². The van der Waals surface area contributed by atoms with Gasteiger partial charge in [0.2, 0.25) is 11.9 Å². The largest absolute Gasteiger partial charge is 0.366 e. The third kappa shape index (κ3) is 1.47. The van der Waals surface area contributed by atoms with Gasteiger partial charge < -0.3 is 5.73 Å². The Morgan fingerprint density at radius 2 is 2.33 bits per heavy atom. The SMILES string of the molecule is C=C(C(N)=O)c1cccnc1F. The van der Waals surface area contributed by atoms with Gasteiger partial charge in [0.1, 0.15) is 0 Å². The van der Waals surface area contributed by atoms with Crippen molar-refractivity contribution in [2.45, 2.75) is 0 Å². The van der Waals surface area contributed by atoms with Crippen molar-refractivity contribution >= 4 is 11.5 Å². The van der Waals surface area contributed by atoms with Crippen LogP contribution in [-0.4, -0.2) is 10.9 Å². The van der Waals surface area contributed by atoms with E-state index in [1.807, 2.05) is 0 Å². The number of nitrogens with zero attached hydrogens (tertiary/aromatic N) is 1. The summed E-state index contributed by atoms with van der Waals surface area (Å²) in [6, 6.07) is 2.90. The van der Waals surface area contributed by atoms with Gasteiger partial charge in [-0.15, -0.1) is 0 Å². The van der Waals surface area contributed by atoms with E-state index in [0.717, 1.165) is 0 Å². The molecule has 1 amide bonds. The van der Waals surface area contributed by atoms with Crippen LogP contribution in [-0.2, 0) is 4.79 Å². The standard InChI is InChI=1S/C8H7FN2O/c1-5(8(10)12)6-3-2-4-11-7(6)9/h2-4H,1H2,(H2,10,12). The lowest BCUT2D eigenvalue weighted by Crippen LogP contribution is -2.13. The van der Waals surface area contributed by atoms with Crippen LogP contribution in [0.15, 0.2) is 24.9 Å². The van der Waals surface area contributed by atoms with Gasteiger partial charge in [0.25, 0.3) is 0 Å². The highest BCUT2D eigenvalue weighted by Crippen LogP contribution is 2.12. The van der Waals surface area contributed by atoms with Crippen LogP contribution in [0.4, 0.5) is 4.39 Å². The van der Waals surface area contributed by atoms with Gasteiger partial charge in [0.05, 0.1) is 0 Å². The van der Waals surface area contributed by atoms with E-state index >= 15 is 0 Å². The van der Waals surface area contributed by atoms with Crippen LogP contribution in [0.25, 0.3) is 5.57 Å². The van der Waals surface area contributed by atoms with Gasteiger partial charge in [-0.3, -0.25) is 4.79 Å². The molecule has 0 spiro atoms. The van der Waals surface area contributed by atoms with Crippen molar-refractivity contribution in [1.82, 2.24) is 4.98 Å². The molecule has 4 heteroatoms. The molecule has 3 nitrogen and oxygen atoms in total. The Morgan fingerprint density at radius 3 is 2.83 bits per heavy atom. The minimum Gasteiger partial charge on any atom is -0.366 e. The van der Waals surface area contributed by atoms with Crippen molar-refractivity contribution in [3.05, 3.63) is 36.4 Å². The number of aromatic nitrogens is 1. The van der Waals surface area contributed by atoms with Gasteiger partial charge in [-0.25, -0.2) is 4.98 Å². The third-order valence-electron chi connectivity index (χ3n) is 1.38. The first-order chi connectivity index (χ1) is 5.63. The first-order valence-corrected chi connectivity index (χ1v) is 3.22. The van der Waals surface area contributed by atoms with E-state index in [0.29, 0.717) is 0 Å². The fourth-order valence-electron chi connectivity index (χ4n) is 0.744. The lowest BCUT2D eigenvalue weighted by Gasteiger charge is -2.00. The molecule has 2 N–H and O–H groups in total. The summed E-state index contributed by atoms with van der Waals surface area (Å²) in [5, 5.41) is 0. The van der Waals surface area contributed by atoms with Gasteiger partial charge in [0.15, 0.2) is 0 Å². The van der Waals surface area contributed by atoms with Crippen molar-refractivity contribution in [3.8, 4) is 0 Å². The molecule has 12 heavy (non-hydrogen) atoms. The Morgan fingerprint density at radius 1 is 1.67 bits per heavy atom. The average Bonchev–Trinajstić information content (AvgIpc) is 2.04. The fraction of sp³-hybridized carbons (Fsp3) is 0. The number of hydrogen-bond acceptors (Lipinski definition) is 2. The fourth-order valence-corrected chi connectivity index (χ4v) is 0.744. The number of hydrogen-bond donors (Lipinski definition) is 1. The average molecular weight is 166 g/mol. The maximum Gasteiger partial charge on any atom is 0.248 e. The second kappa shape index (κ2) is 3.13. The number of amides is 1. The summed E-state index contributed by atoms with van der Waals surface area (Å²) in [7, 11) is 0. The Balaban J connectivity index is 3.11. The molecule has 0 fully saturated rings. The van der Waals surface area contributed by atoms with Gasteiger partial charge in [0, 0.05) is 17.3 Å². The third-order valence-corrected chi connectivity index (χ3v) is 1.38. The molecule has 0 radical (unpaired) electrons. The maximum absolute atomic E-state index is 12.8. The second-order valence-corrected chi connectivity index (χ2v) is 2.18. The number of rotatable bonds is 2. The van der Waals surface area contributed by atoms with Gasteiger partial charge in [-0.1, -0.05) is 6.58 Å². The minimum absolute atomic E-state index is 0.0463. The van der Waals surface area contributed by atoms with E-state index in [9.17, 15) is 9.18 Å². The summed E-state index contributed by atoms with van der Waals surface area (Å²) < 4.78 is 12.8. The molecule has 0 aliphatic carbocycles. The molecule has 1 rings (SSSR count). The maximum atomic E-state index is 12.8. The summed E-state index contributed by atoms with van der Waals surface area (Å²) >= 11 is 0. The Hall–Kier alpha value is -1.71. The predicted octanol–water partition coefficient (Wildman–Crippen LogP) is 0.719. The molecule has 0 atom stereocenters. The molecule has 1 aromatic rings. The predicted molar refractivity (Wildman–Crippen MR) is 42.4 cm³/mol. The summed E-state index contributed by atoms with van der Waals surface area (Å²) in [5.74, 6) is -1.48. The highest BCUT2D eigenvalue weighted by Gasteiger charge is 2.09. The van der Waals surface area contributed by atoms with Crippen molar-refractivity contribution < 1.29 is 9.18 Å². The lowest BCUT2D eigenvalue weighted by molar-refractivity contribution is -0.112. The first kappa shape index (κ1) is 8.39. The van der Waals surface area contributed by atoms with E-state index in [-0.39, 0.29) is 11.1 Å². The number of carbonyl (C=O) groups excluding carboxylic acids is 1. The van der Waals surface area contributed by atoms with Crippen LogP contribution in [0.1, 0.15) is 5.56 Å². The van der Waals surface area contributed by atoms with Crippen LogP contribution in [0.5, 0.6) is 0 Å². The second-order valence-electron chi connectivity index (χ2n) is 2.18. The Kier molecular flexibility index (Phi) is 2.19. The topological polar surface area (TPSA) is 56.0 Å². The molecule has 0 aromatic carbocycles. The minimum atomic E-state index is -0.748. The van der Waals surface area contributed by atoms with Crippen molar-refractivity contribution in [2.24, 2.45) is 5.73 Å². The smallest absolute Gasteiger partial charge is 0.248 e. The normalized spacial score (nSPS) is 9.42. The van der Waals surface area contributed by atoms with Gasteiger partial charge >= 0.3 is 0 Å². The molecule has 62 valence electrons. The molecular weight excluding hydrogens is 159 g/mol. The van der Waals surface area contributed by atoms with Gasteiger partial charge in [-0.2, -0.15) is 4.39 Å². The molecule has 0 saturated heterocycles. The molecule has 1 heterocycles. The van der Waals surface area contributed by atoms with Crippen LogP contribution < -0.4 is 5.73 Å². The number of primary amides is 1. The van der Waals surface area contributed by atoms with Crippen molar-refractivity contribution in [1.29, 1.82) is 0 Å². The highest BCUT2D eigenvalue weighted by atomic mass is 19.1. The number of nitrogens with two attached hydrogens (primary N) is 1. The zero-order valence-electron chi connectivity index (χ0n) is 6.25. The zero-order valence-corrected chi connectivity index (χ0v) is 6.25. The van der Waals surface area contributed by atoms with E-state index < -0.39 is 11.9 Å². The first-order valence-electron chi connectivity index (χ1n) is 3.22. The van der Waals surface area contributed by atoms with Gasteiger partial charge in [-0.05, 0) is 12.1 Å². The summed E-state index contributed by atoms with van der Waals surface area (Å²) in [5.41, 5.74) is 4.88. The summed E-state index contributed by atoms with van der Waals surface area (Å²) in [6.45, 7) is 3.33. The molecule has 0 saturated carbocycles. The molecule has 0 aliphatic heterocycles. The molecule has 0 unspecified atom stereocenters. The number of pyridine rings is 1. The van der Waals surface area contributed by atoms with E-state index in [2.05, 4.69) is 11.6 Å².